The van der Waals surface area contributed by atoms with Crippen LogP contribution in [0.3, 0.4) is 0 Å². The number of ether oxygens (including phenoxy) is 2. The van der Waals surface area contributed by atoms with Crippen LogP contribution in [0.15, 0.2) is 85.2 Å². The highest BCUT2D eigenvalue weighted by Gasteiger charge is 2.26. The highest BCUT2D eigenvalue weighted by molar-refractivity contribution is 5.93. The molecular weight excluding hydrogens is 514 g/mol. The molecule has 0 aliphatic carbocycles. The maximum absolute atomic E-state index is 13.6. The Morgan fingerprint density at radius 2 is 1.51 bits per heavy atom. The van der Waals surface area contributed by atoms with E-state index in [0.717, 1.165) is 38.8 Å². The van der Waals surface area contributed by atoms with Gasteiger partial charge in [0.25, 0.3) is 5.91 Å². The first-order valence-corrected chi connectivity index (χ1v) is 13.6. The fourth-order valence-corrected chi connectivity index (χ4v) is 5.17. The Bertz CT molecular complexity index is 1710. The number of amides is 1. The molecule has 0 saturated carbocycles. The van der Waals surface area contributed by atoms with Gasteiger partial charge in [0, 0.05) is 48.9 Å². The minimum Gasteiger partial charge on any atom is -0.493 e. The summed E-state index contributed by atoms with van der Waals surface area (Å²) in [7, 11) is 3.22. The van der Waals surface area contributed by atoms with E-state index in [4.69, 9.17) is 14.5 Å². The Morgan fingerprint density at radius 3 is 2.27 bits per heavy atom. The SMILES string of the molecule is COc1ccc(-c2cnc(C(=O)N3CCN(c4cnc5ccccc5c4)CC3)nc2-c2ccc(C)cc2)cc1OC. The van der Waals surface area contributed by atoms with Crippen molar-refractivity contribution in [1.82, 2.24) is 19.9 Å². The van der Waals surface area contributed by atoms with Crippen molar-refractivity contribution >= 4 is 22.5 Å². The molecule has 0 spiro atoms. The molecule has 0 bridgehead atoms. The standard InChI is InChI=1S/C33H31N5O3/c1-22-8-10-23(11-9-22)31-27(24-12-13-29(40-2)30(19-24)41-3)21-35-32(36-31)33(39)38-16-14-37(15-17-38)26-18-25-6-4-5-7-28(25)34-20-26/h4-13,18-21H,14-17H2,1-3H3. The number of aromatic nitrogens is 3. The Balaban J connectivity index is 1.27. The number of carbonyl (C=O) groups excluding carboxylic acids is 1. The third-order valence-electron chi connectivity index (χ3n) is 7.51. The number of methoxy groups -OCH3 is 2. The molecule has 1 fully saturated rings. The van der Waals surface area contributed by atoms with Crippen molar-refractivity contribution in [3.8, 4) is 33.9 Å². The highest BCUT2D eigenvalue weighted by atomic mass is 16.5. The van der Waals surface area contributed by atoms with Crippen LogP contribution in [-0.2, 0) is 0 Å². The van der Waals surface area contributed by atoms with Crippen molar-refractivity contribution in [1.29, 1.82) is 0 Å². The number of carbonyl (C=O) groups is 1. The summed E-state index contributed by atoms with van der Waals surface area (Å²) in [6.45, 7) is 4.61. The van der Waals surface area contributed by atoms with Gasteiger partial charge in [0.05, 0.1) is 37.3 Å². The molecule has 41 heavy (non-hydrogen) atoms. The number of benzene rings is 3. The molecule has 0 atom stereocenters. The van der Waals surface area contributed by atoms with Gasteiger partial charge in [-0.05, 0) is 36.8 Å². The third-order valence-corrected chi connectivity index (χ3v) is 7.51. The van der Waals surface area contributed by atoms with Crippen LogP contribution in [-0.4, -0.2) is 66.2 Å². The number of fused-ring (bicyclic) bond motifs is 1. The number of rotatable bonds is 6. The number of nitrogens with zero attached hydrogens (tertiary/aromatic N) is 5. The molecule has 0 radical (unpaired) electrons. The average Bonchev–Trinajstić information content (AvgIpc) is 3.04. The second-order valence-electron chi connectivity index (χ2n) is 10.1. The summed E-state index contributed by atoms with van der Waals surface area (Å²) in [6.07, 6.45) is 3.64. The zero-order valence-electron chi connectivity index (χ0n) is 23.4. The summed E-state index contributed by atoms with van der Waals surface area (Å²) in [6, 6.07) is 24.1. The molecule has 0 N–H and O–H groups in total. The van der Waals surface area contributed by atoms with Crippen LogP contribution in [0.4, 0.5) is 5.69 Å². The number of aryl methyl sites for hydroxylation is 1. The fraction of sp³-hybridized carbons (Fsp3) is 0.212. The van der Waals surface area contributed by atoms with Crippen LogP contribution in [0.25, 0.3) is 33.3 Å². The lowest BCUT2D eigenvalue weighted by Gasteiger charge is -2.35. The Kier molecular flexibility index (Phi) is 7.20. The lowest BCUT2D eigenvalue weighted by molar-refractivity contribution is 0.0734. The highest BCUT2D eigenvalue weighted by Crippen LogP contribution is 2.36. The van der Waals surface area contributed by atoms with Crippen molar-refractivity contribution in [2.24, 2.45) is 0 Å². The van der Waals surface area contributed by atoms with Crippen LogP contribution < -0.4 is 14.4 Å². The van der Waals surface area contributed by atoms with Crippen LogP contribution in [0.2, 0.25) is 0 Å². The quantitative estimate of drug-likeness (QED) is 0.273. The largest absolute Gasteiger partial charge is 0.493 e. The van der Waals surface area contributed by atoms with Gasteiger partial charge < -0.3 is 19.3 Å². The number of piperazine rings is 1. The third kappa shape index (κ3) is 5.28. The van der Waals surface area contributed by atoms with Gasteiger partial charge in [0.15, 0.2) is 11.5 Å². The summed E-state index contributed by atoms with van der Waals surface area (Å²) in [5.74, 6) is 1.26. The van der Waals surface area contributed by atoms with E-state index in [1.165, 1.54) is 0 Å². The molecule has 3 aromatic carbocycles. The fourth-order valence-electron chi connectivity index (χ4n) is 5.17. The maximum Gasteiger partial charge on any atom is 0.291 e. The number of para-hydroxylation sites is 1. The number of hydrogen-bond acceptors (Lipinski definition) is 7. The number of hydrogen-bond donors (Lipinski definition) is 0. The first kappa shape index (κ1) is 26.3. The van der Waals surface area contributed by atoms with E-state index in [0.29, 0.717) is 43.4 Å². The van der Waals surface area contributed by atoms with E-state index in [2.05, 4.69) is 27.0 Å². The van der Waals surface area contributed by atoms with Crippen molar-refractivity contribution in [3.63, 3.8) is 0 Å². The molecule has 8 heteroatoms. The van der Waals surface area contributed by atoms with E-state index >= 15 is 0 Å². The van der Waals surface area contributed by atoms with Crippen molar-refractivity contribution < 1.29 is 14.3 Å². The summed E-state index contributed by atoms with van der Waals surface area (Å²) < 4.78 is 10.9. The van der Waals surface area contributed by atoms with E-state index in [9.17, 15) is 4.79 Å². The van der Waals surface area contributed by atoms with Crippen LogP contribution in [0, 0.1) is 6.92 Å². The molecule has 8 nitrogen and oxygen atoms in total. The average molecular weight is 546 g/mol. The smallest absolute Gasteiger partial charge is 0.291 e. The van der Waals surface area contributed by atoms with Crippen molar-refractivity contribution in [3.05, 3.63) is 96.6 Å². The molecule has 3 heterocycles. The van der Waals surface area contributed by atoms with Gasteiger partial charge in [-0.15, -0.1) is 0 Å². The predicted octanol–water partition coefficient (Wildman–Crippen LogP) is 5.65. The second-order valence-corrected chi connectivity index (χ2v) is 10.1. The first-order chi connectivity index (χ1) is 20.0. The van der Waals surface area contributed by atoms with Gasteiger partial charge in [0.2, 0.25) is 5.82 Å². The lowest BCUT2D eigenvalue weighted by Crippen LogP contribution is -2.49. The molecule has 1 amide bonds. The minimum atomic E-state index is -0.173. The van der Waals surface area contributed by atoms with Crippen molar-refractivity contribution in [2.75, 3.05) is 45.3 Å². The molecule has 5 aromatic rings. The molecule has 1 aliphatic rings. The van der Waals surface area contributed by atoms with Gasteiger partial charge in [-0.25, -0.2) is 9.97 Å². The minimum absolute atomic E-state index is 0.173. The van der Waals surface area contributed by atoms with Gasteiger partial charge in [-0.2, -0.15) is 0 Å². The first-order valence-electron chi connectivity index (χ1n) is 13.6. The predicted molar refractivity (Wildman–Crippen MR) is 161 cm³/mol. The topological polar surface area (TPSA) is 80.7 Å². The lowest BCUT2D eigenvalue weighted by atomic mass is 9.99. The second kappa shape index (κ2) is 11.3. The van der Waals surface area contributed by atoms with Gasteiger partial charge in [0.1, 0.15) is 0 Å². The van der Waals surface area contributed by atoms with E-state index in [-0.39, 0.29) is 11.7 Å². The van der Waals surface area contributed by atoms with Crippen LogP contribution >= 0.6 is 0 Å². The molecule has 1 saturated heterocycles. The summed E-state index contributed by atoms with van der Waals surface area (Å²) in [4.78, 5) is 31.7. The Morgan fingerprint density at radius 1 is 0.780 bits per heavy atom. The normalized spacial score (nSPS) is 13.3. The van der Waals surface area contributed by atoms with E-state index < -0.39 is 0 Å². The van der Waals surface area contributed by atoms with Gasteiger partial charge in [-0.1, -0.05) is 54.1 Å². The van der Waals surface area contributed by atoms with Crippen LogP contribution in [0.1, 0.15) is 16.2 Å². The zero-order chi connectivity index (χ0) is 28.3. The molecule has 2 aromatic heterocycles. The summed E-state index contributed by atoms with van der Waals surface area (Å²) in [5, 5.41) is 1.11. The van der Waals surface area contributed by atoms with E-state index in [1.807, 2.05) is 78.7 Å². The molecule has 206 valence electrons. The molecular formula is C33H31N5O3. The monoisotopic (exact) mass is 545 g/mol. The summed E-state index contributed by atoms with van der Waals surface area (Å²) >= 11 is 0. The van der Waals surface area contributed by atoms with Gasteiger partial charge in [-0.3, -0.25) is 9.78 Å². The Labute approximate surface area is 239 Å². The molecule has 0 unspecified atom stereocenters. The number of anilines is 1. The van der Waals surface area contributed by atoms with Crippen molar-refractivity contribution in [2.45, 2.75) is 6.92 Å². The molecule has 6 rings (SSSR count). The maximum atomic E-state index is 13.6. The zero-order valence-corrected chi connectivity index (χ0v) is 23.4. The number of pyridine rings is 1. The van der Waals surface area contributed by atoms with Gasteiger partial charge >= 0.3 is 0 Å². The Hall–Kier alpha value is -4.98. The van der Waals surface area contributed by atoms with E-state index in [1.54, 1.807) is 20.4 Å². The molecule has 1 aliphatic heterocycles. The summed E-state index contributed by atoms with van der Waals surface area (Å²) in [5.41, 5.74) is 6.46. The van der Waals surface area contributed by atoms with Crippen LogP contribution in [0.5, 0.6) is 11.5 Å².